The molecular weight excluding hydrogens is 468 g/mol. The van der Waals surface area contributed by atoms with E-state index in [1.165, 1.54) is 4.90 Å². The molecule has 3 heterocycles. The summed E-state index contributed by atoms with van der Waals surface area (Å²) in [6.45, 7) is 4.00. The SMILES string of the molecule is Cc1cccc(N(C(=O)Cn2nnc3ccccc32)[C@H](C(=O)NCc2ccco2)c2cccnc2)c1C. The van der Waals surface area contributed by atoms with Crippen molar-refractivity contribution in [2.24, 2.45) is 0 Å². The molecule has 0 fully saturated rings. The van der Waals surface area contributed by atoms with Gasteiger partial charge in [0.1, 0.15) is 23.9 Å². The maximum absolute atomic E-state index is 14.1. The largest absolute Gasteiger partial charge is 0.467 e. The van der Waals surface area contributed by atoms with Crippen LogP contribution in [0.25, 0.3) is 11.0 Å². The minimum atomic E-state index is -0.980. The summed E-state index contributed by atoms with van der Waals surface area (Å²) < 4.78 is 6.93. The van der Waals surface area contributed by atoms with Crippen LogP contribution in [0.2, 0.25) is 0 Å². The highest BCUT2D eigenvalue weighted by Gasteiger charge is 2.34. The number of hydrogen-bond donors (Lipinski definition) is 1. The monoisotopic (exact) mass is 494 g/mol. The number of rotatable bonds is 8. The average molecular weight is 495 g/mol. The Balaban J connectivity index is 1.58. The number of furan rings is 1. The standard InChI is InChI=1S/C28H26N6O3/c1-19-8-5-13-24(20(19)2)34(26(35)18-33-25-12-4-3-11-23(25)31-32-33)27(21-9-6-14-29-16-21)28(36)30-17-22-10-7-15-37-22/h3-16,27H,17-18H2,1-2H3,(H,30,36)/t27-/m0/s1. The minimum absolute atomic E-state index is 0.101. The first-order valence-electron chi connectivity index (χ1n) is 11.9. The molecule has 9 nitrogen and oxygen atoms in total. The van der Waals surface area contributed by atoms with E-state index < -0.39 is 6.04 Å². The molecule has 186 valence electrons. The molecule has 0 aliphatic heterocycles. The molecule has 0 aliphatic carbocycles. The van der Waals surface area contributed by atoms with Crippen molar-refractivity contribution in [3.63, 3.8) is 0 Å². The number of aryl methyl sites for hydroxylation is 1. The number of hydrogen-bond acceptors (Lipinski definition) is 6. The molecule has 3 aromatic heterocycles. The Kier molecular flexibility index (Phi) is 6.76. The molecule has 1 atom stereocenters. The number of nitrogens with one attached hydrogen (secondary N) is 1. The summed E-state index contributed by atoms with van der Waals surface area (Å²) in [5.74, 6) is -0.0644. The third-order valence-electron chi connectivity index (χ3n) is 6.33. The van der Waals surface area contributed by atoms with Gasteiger partial charge in [0.05, 0.1) is 18.3 Å². The number of nitrogens with zero attached hydrogens (tertiary/aromatic N) is 5. The zero-order valence-corrected chi connectivity index (χ0v) is 20.5. The highest BCUT2D eigenvalue weighted by atomic mass is 16.3. The summed E-state index contributed by atoms with van der Waals surface area (Å²) >= 11 is 0. The first-order chi connectivity index (χ1) is 18.0. The molecule has 2 amide bonds. The minimum Gasteiger partial charge on any atom is -0.467 e. The highest BCUT2D eigenvalue weighted by Crippen LogP contribution is 2.32. The number of para-hydroxylation sites is 1. The normalized spacial score (nSPS) is 11.8. The lowest BCUT2D eigenvalue weighted by molar-refractivity contribution is -0.127. The quantitative estimate of drug-likeness (QED) is 0.348. The molecule has 0 bridgehead atoms. The Morgan fingerprint density at radius 1 is 1.03 bits per heavy atom. The van der Waals surface area contributed by atoms with Gasteiger partial charge in [-0.2, -0.15) is 0 Å². The van der Waals surface area contributed by atoms with Gasteiger partial charge in [-0.3, -0.25) is 19.5 Å². The van der Waals surface area contributed by atoms with E-state index >= 15 is 0 Å². The lowest BCUT2D eigenvalue weighted by Crippen LogP contribution is -2.45. The van der Waals surface area contributed by atoms with Gasteiger partial charge in [-0.25, -0.2) is 4.68 Å². The van der Waals surface area contributed by atoms with Gasteiger partial charge in [-0.15, -0.1) is 5.10 Å². The van der Waals surface area contributed by atoms with E-state index in [1.807, 2.05) is 56.3 Å². The molecule has 0 saturated heterocycles. The first-order valence-corrected chi connectivity index (χ1v) is 11.9. The Morgan fingerprint density at radius 2 is 1.89 bits per heavy atom. The number of carbonyl (C=O) groups is 2. The highest BCUT2D eigenvalue weighted by molar-refractivity contribution is 6.02. The van der Waals surface area contributed by atoms with Crippen LogP contribution in [0.3, 0.4) is 0 Å². The summed E-state index contributed by atoms with van der Waals surface area (Å²) in [5, 5.41) is 11.3. The zero-order chi connectivity index (χ0) is 25.8. The van der Waals surface area contributed by atoms with Crippen LogP contribution in [-0.2, 0) is 22.7 Å². The zero-order valence-electron chi connectivity index (χ0n) is 20.5. The van der Waals surface area contributed by atoms with Crippen LogP contribution in [0.15, 0.2) is 89.8 Å². The fourth-order valence-electron chi connectivity index (χ4n) is 4.29. The molecule has 9 heteroatoms. The lowest BCUT2D eigenvalue weighted by Gasteiger charge is -2.32. The van der Waals surface area contributed by atoms with Crippen LogP contribution in [-0.4, -0.2) is 31.8 Å². The Labute approximate surface area is 213 Å². The van der Waals surface area contributed by atoms with Crippen molar-refractivity contribution in [1.82, 2.24) is 25.3 Å². The van der Waals surface area contributed by atoms with E-state index in [-0.39, 0.29) is 24.9 Å². The van der Waals surface area contributed by atoms with E-state index in [0.29, 0.717) is 22.5 Å². The summed E-state index contributed by atoms with van der Waals surface area (Å²) in [4.78, 5) is 33.6. The first kappa shape index (κ1) is 23.9. The van der Waals surface area contributed by atoms with Crippen LogP contribution in [0, 0.1) is 13.8 Å². The molecular formula is C28H26N6O3. The topological polar surface area (TPSA) is 106 Å². The number of amides is 2. The van der Waals surface area contributed by atoms with Gasteiger partial charge in [0, 0.05) is 23.6 Å². The Bertz CT molecular complexity index is 1530. The molecule has 1 N–H and O–H groups in total. The van der Waals surface area contributed by atoms with E-state index in [1.54, 1.807) is 47.6 Å². The summed E-state index contributed by atoms with van der Waals surface area (Å²) in [5.41, 5.74) is 4.54. The van der Waals surface area contributed by atoms with Crippen molar-refractivity contribution in [2.45, 2.75) is 33.0 Å². The molecule has 2 aromatic carbocycles. The smallest absolute Gasteiger partial charge is 0.249 e. The number of anilines is 1. The van der Waals surface area contributed by atoms with Gasteiger partial charge < -0.3 is 9.73 Å². The van der Waals surface area contributed by atoms with E-state index in [9.17, 15) is 9.59 Å². The van der Waals surface area contributed by atoms with Gasteiger partial charge >= 0.3 is 0 Å². The van der Waals surface area contributed by atoms with Gasteiger partial charge in [0.2, 0.25) is 11.8 Å². The fourth-order valence-corrected chi connectivity index (χ4v) is 4.29. The number of aromatic nitrogens is 4. The Morgan fingerprint density at radius 3 is 2.68 bits per heavy atom. The second-order valence-electron chi connectivity index (χ2n) is 8.70. The predicted molar refractivity (Wildman–Crippen MR) is 138 cm³/mol. The van der Waals surface area contributed by atoms with Crippen LogP contribution in [0.1, 0.15) is 28.5 Å². The molecule has 0 aliphatic rings. The van der Waals surface area contributed by atoms with Crippen molar-refractivity contribution in [3.05, 3.63) is 108 Å². The number of carbonyl (C=O) groups excluding carboxylic acids is 2. The molecule has 5 rings (SSSR count). The molecule has 5 aromatic rings. The maximum atomic E-state index is 14.1. The van der Waals surface area contributed by atoms with Crippen LogP contribution >= 0.6 is 0 Å². The van der Waals surface area contributed by atoms with E-state index in [2.05, 4.69) is 20.6 Å². The molecule has 37 heavy (non-hydrogen) atoms. The van der Waals surface area contributed by atoms with Gasteiger partial charge in [0.25, 0.3) is 0 Å². The van der Waals surface area contributed by atoms with E-state index in [0.717, 1.165) is 16.6 Å². The Hall–Kier alpha value is -4.79. The van der Waals surface area contributed by atoms with Crippen molar-refractivity contribution < 1.29 is 14.0 Å². The average Bonchev–Trinajstić information content (AvgIpc) is 3.59. The number of pyridine rings is 1. The number of fused-ring (bicyclic) bond motifs is 1. The third kappa shape index (κ3) is 4.97. The van der Waals surface area contributed by atoms with Crippen molar-refractivity contribution in [1.29, 1.82) is 0 Å². The predicted octanol–water partition coefficient (Wildman–Crippen LogP) is 4.13. The lowest BCUT2D eigenvalue weighted by atomic mass is 10.0. The van der Waals surface area contributed by atoms with Crippen LogP contribution < -0.4 is 10.2 Å². The van der Waals surface area contributed by atoms with Crippen molar-refractivity contribution >= 4 is 28.5 Å². The maximum Gasteiger partial charge on any atom is 0.249 e. The van der Waals surface area contributed by atoms with Gasteiger partial charge in [-0.1, -0.05) is 35.5 Å². The van der Waals surface area contributed by atoms with Crippen LogP contribution in [0.5, 0.6) is 0 Å². The third-order valence-corrected chi connectivity index (χ3v) is 6.33. The summed E-state index contributed by atoms with van der Waals surface area (Å²) in [7, 11) is 0. The summed E-state index contributed by atoms with van der Waals surface area (Å²) in [6.07, 6.45) is 4.79. The second-order valence-corrected chi connectivity index (χ2v) is 8.70. The second kappa shape index (κ2) is 10.4. The van der Waals surface area contributed by atoms with Crippen LogP contribution in [0.4, 0.5) is 5.69 Å². The van der Waals surface area contributed by atoms with E-state index in [4.69, 9.17) is 4.42 Å². The molecule has 0 spiro atoms. The van der Waals surface area contributed by atoms with Gasteiger partial charge in [-0.05, 0) is 61.4 Å². The number of benzene rings is 2. The van der Waals surface area contributed by atoms with Crippen molar-refractivity contribution in [3.8, 4) is 0 Å². The molecule has 0 unspecified atom stereocenters. The molecule has 0 radical (unpaired) electrons. The summed E-state index contributed by atoms with van der Waals surface area (Å²) in [6, 6.07) is 19.2. The fraction of sp³-hybridized carbons (Fsp3) is 0.179. The molecule has 0 saturated carbocycles. The van der Waals surface area contributed by atoms with Gasteiger partial charge in [0.15, 0.2) is 0 Å². The van der Waals surface area contributed by atoms with Crippen molar-refractivity contribution in [2.75, 3.05) is 4.90 Å².